The quantitative estimate of drug-likeness (QED) is 0.347. The van der Waals surface area contributed by atoms with Crippen LogP contribution in [0.5, 0.6) is 0 Å². The van der Waals surface area contributed by atoms with E-state index in [2.05, 4.69) is 11.1 Å². The maximum atomic E-state index is 13.8. The van der Waals surface area contributed by atoms with Crippen molar-refractivity contribution in [1.29, 1.82) is 0 Å². The van der Waals surface area contributed by atoms with Gasteiger partial charge in [-0.05, 0) is 38.8 Å². The molecule has 0 amide bonds. The summed E-state index contributed by atoms with van der Waals surface area (Å²) >= 11 is 2.98. The second kappa shape index (κ2) is 10.2. The van der Waals surface area contributed by atoms with Crippen molar-refractivity contribution in [1.82, 2.24) is 23.7 Å². The Morgan fingerprint density at radius 3 is 2.65 bits per heavy atom. The molecule has 37 heavy (non-hydrogen) atoms. The number of hydrogen-bond acceptors (Lipinski definition) is 7. The van der Waals surface area contributed by atoms with Gasteiger partial charge < -0.3 is 10.3 Å². The van der Waals surface area contributed by atoms with Crippen molar-refractivity contribution in [2.24, 2.45) is 12.8 Å². The predicted octanol–water partition coefficient (Wildman–Crippen LogP) is 4.41. The highest BCUT2D eigenvalue weighted by molar-refractivity contribution is 8.00. The van der Waals surface area contributed by atoms with Gasteiger partial charge in [0.2, 0.25) is 0 Å². The Morgan fingerprint density at radius 1 is 1.19 bits per heavy atom. The van der Waals surface area contributed by atoms with Gasteiger partial charge in [-0.2, -0.15) is 0 Å². The van der Waals surface area contributed by atoms with Crippen LogP contribution in [0.2, 0.25) is 0 Å². The van der Waals surface area contributed by atoms with Crippen molar-refractivity contribution in [3.63, 3.8) is 0 Å². The number of aromatic nitrogens is 5. The minimum Gasteiger partial charge on any atom is -0.329 e. The molecule has 8 nitrogen and oxygen atoms in total. The second-order valence-electron chi connectivity index (χ2n) is 9.96. The predicted molar refractivity (Wildman–Crippen MR) is 148 cm³/mol. The molecule has 0 aliphatic heterocycles. The van der Waals surface area contributed by atoms with E-state index in [-0.39, 0.29) is 17.1 Å². The second-order valence-corrected chi connectivity index (χ2v) is 12.5. The van der Waals surface area contributed by atoms with E-state index in [1.165, 1.54) is 39.0 Å². The Hall–Kier alpha value is -2.76. The molecule has 1 saturated carbocycles. The molecule has 0 unspecified atom stereocenters. The Kier molecular flexibility index (Phi) is 7.12. The first-order valence-corrected chi connectivity index (χ1v) is 14.1. The number of halogens is 1. The Morgan fingerprint density at radius 2 is 1.95 bits per heavy atom. The molecule has 1 fully saturated rings. The number of imidazole rings is 1. The third-order valence-corrected chi connectivity index (χ3v) is 9.53. The first-order chi connectivity index (χ1) is 17.7. The molecule has 3 aromatic heterocycles. The molecule has 0 bridgehead atoms. The Bertz CT molecular complexity index is 1620. The number of benzene rings is 1. The normalized spacial score (nSPS) is 15.5. The van der Waals surface area contributed by atoms with Crippen molar-refractivity contribution in [3.05, 3.63) is 61.5 Å². The molecule has 0 atom stereocenters. The van der Waals surface area contributed by atoms with Crippen LogP contribution in [0.25, 0.3) is 21.4 Å². The highest BCUT2D eigenvalue weighted by atomic mass is 32.2. The average molecular weight is 543 g/mol. The van der Waals surface area contributed by atoms with Crippen LogP contribution in [0.4, 0.5) is 4.39 Å². The number of fused-ring (bicyclic) bond motifs is 2. The number of thiazole rings is 1. The number of aryl methyl sites for hydroxylation is 1. The number of hydrogen-bond donors (Lipinski definition) is 1. The largest absolute Gasteiger partial charge is 0.332 e. The maximum Gasteiger partial charge on any atom is 0.332 e. The summed E-state index contributed by atoms with van der Waals surface area (Å²) in [6.45, 7) is 5.03. The van der Waals surface area contributed by atoms with Gasteiger partial charge in [0.05, 0.1) is 16.8 Å². The lowest BCUT2D eigenvalue weighted by molar-refractivity contribution is 0.402. The summed E-state index contributed by atoms with van der Waals surface area (Å²) in [7, 11) is 1.64. The van der Waals surface area contributed by atoms with Gasteiger partial charge in [0.1, 0.15) is 10.8 Å². The van der Waals surface area contributed by atoms with E-state index >= 15 is 0 Å². The number of allylic oxidation sites excluding steroid dienone is 2. The first-order valence-electron chi connectivity index (χ1n) is 12.5. The third-order valence-electron chi connectivity index (χ3n) is 7.01. The van der Waals surface area contributed by atoms with E-state index in [4.69, 9.17) is 10.7 Å². The zero-order chi connectivity index (χ0) is 26.3. The summed E-state index contributed by atoms with van der Waals surface area (Å²) < 4.78 is 18.9. The zero-order valence-electron chi connectivity index (χ0n) is 21.3. The summed E-state index contributed by atoms with van der Waals surface area (Å²) in [5.74, 6) is -0.375. The molecular weight excluding hydrogens is 511 g/mol. The molecule has 1 aliphatic rings. The van der Waals surface area contributed by atoms with Crippen LogP contribution in [-0.2, 0) is 20.1 Å². The van der Waals surface area contributed by atoms with E-state index in [0.29, 0.717) is 39.9 Å². The van der Waals surface area contributed by atoms with Crippen molar-refractivity contribution >= 4 is 44.5 Å². The third kappa shape index (κ3) is 4.92. The van der Waals surface area contributed by atoms with Gasteiger partial charge in [0, 0.05) is 31.0 Å². The molecule has 0 spiro atoms. The van der Waals surface area contributed by atoms with Crippen molar-refractivity contribution < 1.29 is 4.39 Å². The van der Waals surface area contributed by atoms with Gasteiger partial charge in [0.25, 0.3) is 5.56 Å². The van der Waals surface area contributed by atoms with Crippen LogP contribution in [0.1, 0.15) is 51.0 Å². The van der Waals surface area contributed by atoms with Gasteiger partial charge >= 0.3 is 5.69 Å². The van der Waals surface area contributed by atoms with E-state index in [0.717, 1.165) is 36.0 Å². The van der Waals surface area contributed by atoms with Crippen molar-refractivity contribution in [3.8, 4) is 0 Å². The number of rotatable bonds is 7. The van der Waals surface area contributed by atoms with Crippen LogP contribution >= 0.6 is 23.1 Å². The monoisotopic (exact) mass is 542 g/mol. The van der Waals surface area contributed by atoms with Crippen LogP contribution in [0.3, 0.4) is 0 Å². The molecular formula is C26H31FN6O2S2. The topological polar surface area (TPSA) is 101 Å². The summed E-state index contributed by atoms with van der Waals surface area (Å²) in [5, 5.41) is 1.27. The molecule has 11 heteroatoms. The van der Waals surface area contributed by atoms with Gasteiger partial charge in [-0.15, -0.1) is 11.3 Å². The molecule has 1 aromatic carbocycles. The van der Waals surface area contributed by atoms with E-state index < -0.39 is 11.2 Å². The lowest BCUT2D eigenvalue weighted by atomic mass is 9.88. The molecule has 0 saturated heterocycles. The molecule has 5 rings (SSSR count). The van der Waals surface area contributed by atoms with Crippen LogP contribution in [0.15, 0.2) is 44.6 Å². The highest BCUT2D eigenvalue weighted by Crippen LogP contribution is 2.43. The Balaban J connectivity index is 1.65. The first kappa shape index (κ1) is 25.9. The average Bonchev–Trinajstić information content (AvgIpc) is 3.44. The molecule has 1 aliphatic carbocycles. The highest BCUT2D eigenvalue weighted by Gasteiger charge is 2.34. The molecule has 0 radical (unpaired) electrons. The summed E-state index contributed by atoms with van der Waals surface area (Å²) in [5.41, 5.74) is 7.79. The SMILES string of the molecule is CC(C)=CCn1c(SC2(CN)CCCCC2)nc2c1c(=O)n(Cc1nc3cc(F)ccc3s1)c(=O)n2C. The van der Waals surface area contributed by atoms with Gasteiger partial charge in [0.15, 0.2) is 16.3 Å². The lowest BCUT2D eigenvalue weighted by Crippen LogP contribution is -2.40. The smallest absolute Gasteiger partial charge is 0.329 e. The fourth-order valence-electron chi connectivity index (χ4n) is 4.90. The van der Waals surface area contributed by atoms with E-state index in [1.807, 2.05) is 18.4 Å². The number of thioether (sulfide) groups is 1. The number of nitrogens with zero attached hydrogens (tertiary/aromatic N) is 5. The van der Waals surface area contributed by atoms with Crippen molar-refractivity contribution in [2.45, 2.75) is 68.9 Å². The van der Waals surface area contributed by atoms with E-state index in [1.54, 1.807) is 24.9 Å². The number of nitrogens with two attached hydrogens (primary N) is 1. The molecule has 196 valence electrons. The minimum atomic E-state index is -0.461. The molecule has 3 heterocycles. The standard InChI is InChI=1S/C26H31FN6O2S2/c1-16(2)9-12-32-21-22(30-24(32)37-26(15-28)10-5-4-6-11-26)31(3)25(35)33(23(21)34)14-20-29-18-13-17(27)7-8-19(18)36-20/h7-9,13H,4-6,10-12,14-15,28H2,1-3H3. The van der Waals surface area contributed by atoms with Gasteiger partial charge in [-0.1, -0.05) is 42.7 Å². The van der Waals surface area contributed by atoms with Crippen molar-refractivity contribution in [2.75, 3.05) is 6.54 Å². The lowest BCUT2D eigenvalue weighted by Gasteiger charge is -2.35. The van der Waals surface area contributed by atoms with E-state index in [9.17, 15) is 14.0 Å². The summed E-state index contributed by atoms with van der Waals surface area (Å²) in [6.07, 6.45) is 7.50. The minimum absolute atomic E-state index is 0.00541. The molecule has 2 N–H and O–H groups in total. The zero-order valence-corrected chi connectivity index (χ0v) is 22.9. The molecule has 4 aromatic rings. The van der Waals surface area contributed by atoms with Crippen LogP contribution in [0, 0.1) is 5.82 Å². The fourth-order valence-corrected chi connectivity index (χ4v) is 7.21. The summed E-state index contributed by atoms with van der Waals surface area (Å²) in [6, 6.07) is 4.39. The van der Waals surface area contributed by atoms with Crippen LogP contribution < -0.4 is 17.0 Å². The fraction of sp³-hybridized carbons (Fsp3) is 0.462. The maximum absolute atomic E-state index is 13.8. The van der Waals surface area contributed by atoms with Crippen LogP contribution in [-0.4, -0.2) is 35.0 Å². The summed E-state index contributed by atoms with van der Waals surface area (Å²) in [4.78, 5) is 36.5. The Labute approximate surface area is 222 Å². The van der Waals surface area contributed by atoms with Gasteiger partial charge in [-0.25, -0.2) is 19.2 Å². The van der Waals surface area contributed by atoms with Gasteiger partial charge in [-0.3, -0.25) is 13.9 Å².